The van der Waals surface area contributed by atoms with E-state index in [0.29, 0.717) is 6.10 Å². The van der Waals surface area contributed by atoms with Gasteiger partial charge in [-0.05, 0) is 61.8 Å². The van der Waals surface area contributed by atoms with Gasteiger partial charge >= 0.3 is 0 Å². The number of rotatable bonds is 2. The monoisotopic (exact) mass is 231 g/mol. The predicted octanol–water partition coefficient (Wildman–Crippen LogP) is 3.34. The summed E-state index contributed by atoms with van der Waals surface area (Å²) in [6.07, 6.45) is 9.09. The van der Waals surface area contributed by atoms with Crippen LogP contribution in [0.5, 0.6) is 5.75 Å². The van der Waals surface area contributed by atoms with E-state index < -0.39 is 0 Å². The van der Waals surface area contributed by atoms with Crippen LogP contribution in [-0.4, -0.2) is 6.10 Å². The van der Waals surface area contributed by atoms with Gasteiger partial charge in [0.1, 0.15) is 5.75 Å². The SMILES string of the molecule is N[C@H]1CCc2cc(OC3CCCCC3)ccc21. The highest BCUT2D eigenvalue weighted by molar-refractivity contribution is 5.40. The van der Waals surface area contributed by atoms with Crippen LogP contribution in [-0.2, 0) is 6.42 Å². The van der Waals surface area contributed by atoms with Crippen molar-refractivity contribution in [1.82, 2.24) is 0 Å². The fourth-order valence-corrected chi connectivity index (χ4v) is 3.08. The van der Waals surface area contributed by atoms with Gasteiger partial charge in [-0.25, -0.2) is 0 Å². The van der Waals surface area contributed by atoms with Crippen LogP contribution < -0.4 is 10.5 Å². The molecule has 1 saturated carbocycles. The first-order valence-electron chi connectivity index (χ1n) is 6.88. The molecule has 0 bridgehead atoms. The van der Waals surface area contributed by atoms with Gasteiger partial charge in [-0.3, -0.25) is 0 Å². The van der Waals surface area contributed by atoms with Gasteiger partial charge in [-0.15, -0.1) is 0 Å². The highest BCUT2D eigenvalue weighted by Gasteiger charge is 2.20. The van der Waals surface area contributed by atoms with E-state index in [-0.39, 0.29) is 6.04 Å². The molecule has 0 aromatic heterocycles. The van der Waals surface area contributed by atoms with E-state index in [1.54, 1.807) is 0 Å². The van der Waals surface area contributed by atoms with Gasteiger partial charge in [-0.2, -0.15) is 0 Å². The molecule has 0 spiro atoms. The highest BCUT2D eigenvalue weighted by atomic mass is 16.5. The molecular weight excluding hydrogens is 210 g/mol. The molecule has 1 aromatic rings. The van der Waals surface area contributed by atoms with E-state index in [4.69, 9.17) is 10.5 Å². The average Bonchev–Trinajstić information content (AvgIpc) is 2.72. The predicted molar refractivity (Wildman–Crippen MR) is 69.2 cm³/mol. The fourth-order valence-electron chi connectivity index (χ4n) is 3.08. The zero-order valence-corrected chi connectivity index (χ0v) is 10.3. The van der Waals surface area contributed by atoms with E-state index in [9.17, 15) is 0 Å². The van der Waals surface area contributed by atoms with Crippen molar-refractivity contribution in [3.05, 3.63) is 29.3 Å². The van der Waals surface area contributed by atoms with Gasteiger partial charge in [0.05, 0.1) is 6.10 Å². The summed E-state index contributed by atoms with van der Waals surface area (Å²) in [6.45, 7) is 0. The number of fused-ring (bicyclic) bond motifs is 1. The molecule has 2 N–H and O–H groups in total. The summed E-state index contributed by atoms with van der Waals surface area (Å²) in [6, 6.07) is 6.70. The van der Waals surface area contributed by atoms with Crippen LogP contribution in [0.3, 0.4) is 0 Å². The molecule has 0 heterocycles. The van der Waals surface area contributed by atoms with E-state index >= 15 is 0 Å². The Labute approximate surface area is 103 Å². The molecule has 0 aliphatic heterocycles. The van der Waals surface area contributed by atoms with Crippen LogP contribution in [0.25, 0.3) is 0 Å². The van der Waals surface area contributed by atoms with Crippen LogP contribution in [0.4, 0.5) is 0 Å². The lowest BCUT2D eigenvalue weighted by molar-refractivity contribution is 0.155. The number of ether oxygens (including phenoxy) is 1. The zero-order valence-electron chi connectivity index (χ0n) is 10.3. The van der Waals surface area contributed by atoms with Gasteiger partial charge < -0.3 is 10.5 Å². The van der Waals surface area contributed by atoms with Gasteiger partial charge in [0.15, 0.2) is 0 Å². The Morgan fingerprint density at radius 1 is 1.06 bits per heavy atom. The van der Waals surface area contributed by atoms with Crippen molar-refractivity contribution in [3.63, 3.8) is 0 Å². The van der Waals surface area contributed by atoms with Crippen molar-refractivity contribution in [1.29, 1.82) is 0 Å². The molecule has 1 atom stereocenters. The molecule has 2 aliphatic rings. The van der Waals surface area contributed by atoms with Crippen molar-refractivity contribution in [2.24, 2.45) is 5.73 Å². The maximum absolute atomic E-state index is 6.07. The zero-order chi connectivity index (χ0) is 11.7. The minimum atomic E-state index is 0.244. The van der Waals surface area contributed by atoms with E-state index in [0.717, 1.165) is 18.6 Å². The molecule has 0 unspecified atom stereocenters. The van der Waals surface area contributed by atoms with Crippen LogP contribution >= 0.6 is 0 Å². The van der Waals surface area contributed by atoms with Gasteiger partial charge in [0, 0.05) is 6.04 Å². The van der Waals surface area contributed by atoms with Crippen LogP contribution in [0.1, 0.15) is 55.7 Å². The minimum Gasteiger partial charge on any atom is -0.490 e. The third kappa shape index (κ3) is 2.32. The lowest BCUT2D eigenvalue weighted by Crippen LogP contribution is -2.19. The number of hydrogen-bond acceptors (Lipinski definition) is 2. The van der Waals surface area contributed by atoms with Crippen LogP contribution in [0, 0.1) is 0 Å². The van der Waals surface area contributed by atoms with E-state index in [2.05, 4.69) is 18.2 Å². The van der Waals surface area contributed by atoms with E-state index in [1.807, 2.05) is 0 Å². The Bertz CT molecular complexity index is 396. The normalized spacial score (nSPS) is 24.6. The van der Waals surface area contributed by atoms with Gasteiger partial charge in [0.2, 0.25) is 0 Å². The lowest BCUT2D eigenvalue weighted by atomic mass is 9.98. The van der Waals surface area contributed by atoms with E-state index in [1.165, 1.54) is 43.2 Å². The molecule has 2 heteroatoms. The molecule has 92 valence electrons. The number of aryl methyl sites for hydroxylation is 1. The first kappa shape index (κ1) is 11.1. The smallest absolute Gasteiger partial charge is 0.120 e. The maximum atomic E-state index is 6.07. The Morgan fingerprint density at radius 3 is 2.71 bits per heavy atom. The third-order valence-corrected chi connectivity index (χ3v) is 4.09. The molecule has 0 saturated heterocycles. The molecule has 2 aliphatic carbocycles. The van der Waals surface area contributed by atoms with Crippen LogP contribution in [0.2, 0.25) is 0 Å². The summed E-state index contributed by atoms with van der Waals surface area (Å²) in [5.74, 6) is 1.05. The largest absolute Gasteiger partial charge is 0.490 e. The fraction of sp³-hybridized carbons (Fsp3) is 0.600. The molecule has 1 fully saturated rings. The molecular formula is C15H21NO. The number of hydrogen-bond donors (Lipinski definition) is 1. The van der Waals surface area contributed by atoms with Crippen molar-refractivity contribution in [3.8, 4) is 5.75 Å². The van der Waals surface area contributed by atoms with Gasteiger partial charge in [-0.1, -0.05) is 12.5 Å². The molecule has 0 amide bonds. The number of benzene rings is 1. The maximum Gasteiger partial charge on any atom is 0.120 e. The van der Waals surface area contributed by atoms with Crippen LogP contribution in [0.15, 0.2) is 18.2 Å². The van der Waals surface area contributed by atoms with Crippen molar-refractivity contribution in [2.75, 3.05) is 0 Å². The lowest BCUT2D eigenvalue weighted by Gasteiger charge is -2.23. The topological polar surface area (TPSA) is 35.2 Å². The Morgan fingerprint density at radius 2 is 1.88 bits per heavy atom. The average molecular weight is 231 g/mol. The Balaban J connectivity index is 1.71. The Hall–Kier alpha value is -1.02. The molecule has 17 heavy (non-hydrogen) atoms. The number of nitrogens with two attached hydrogens (primary N) is 1. The van der Waals surface area contributed by atoms with Crippen molar-refractivity contribution >= 4 is 0 Å². The van der Waals surface area contributed by atoms with Crippen molar-refractivity contribution < 1.29 is 4.74 Å². The Kier molecular flexibility index (Phi) is 3.06. The summed E-state index contributed by atoms with van der Waals surface area (Å²) < 4.78 is 6.07. The molecule has 0 radical (unpaired) electrons. The first-order valence-corrected chi connectivity index (χ1v) is 6.88. The minimum absolute atomic E-state index is 0.244. The van der Waals surface area contributed by atoms with Gasteiger partial charge in [0.25, 0.3) is 0 Å². The summed E-state index contributed by atoms with van der Waals surface area (Å²) >= 11 is 0. The van der Waals surface area contributed by atoms with Crippen molar-refractivity contribution in [2.45, 2.75) is 57.1 Å². The quantitative estimate of drug-likeness (QED) is 0.847. The molecule has 3 rings (SSSR count). The summed E-state index contributed by atoms with van der Waals surface area (Å²) in [7, 11) is 0. The first-order chi connectivity index (χ1) is 8.33. The third-order valence-electron chi connectivity index (χ3n) is 4.09. The molecule has 2 nitrogen and oxygen atoms in total. The second-order valence-corrected chi connectivity index (χ2v) is 5.38. The molecule has 1 aromatic carbocycles. The second kappa shape index (κ2) is 4.69. The summed E-state index contributed by atoms with van der Waals surface area (Å²) in [5, 5.41) is 0. The summed E-state index contributed by atoms with van der Waals surface area (Å²) in [5.41, 5.74) is 8.75. The second-order valence-electron chi connectivity index (χ2n) is 5.38. The highest BCUT2D eigenvalue weighted by Crippen LogP contribution is 2.33. The summed E-state index contributed by atoms with van der Waals surface area (Å²) in [4.78, 5) is 0. The standard InChI is InChI=1S/C15H21NO/c16-15-9-6-11-10-13(7-8-14(11)15)17-12-4-2-1-3-5-12/h7-8,10,12,15H,1-6,9,16H2/t15-/m0/s1.